The molecule has 0 bridgehead atoms. The van der Waals surface area contributed by atoms with Gasteiger partial charge in [0.05, 0.1) is 11.1 Å². The maximum atomic E-state index is 12.8. The van der Waals surface area contributed by atoms with Crippen LogP contribution in [0.15, 0.2) is 35.9 Å². The van der Waals surface area contributed by atoms with Crippen LogP contribution in [0.3, 0.4) is 0 Å². The van der Waals surface area contributed by atoms with E-state index in [0.29, 0.717) is 6.08 Å². The number of carbonyl (C=O) groups excluding carboxylic acids is 1. The number of carbonyl (C=O) groups is 3. The molecule has 0 aliphatic heterocycles. The van der Waals surface area contributed by atoms with Crippen LogP contribution in [0.2, 0.25) is 0 Å². The molecule has 0 atom stereocenters. The van der Waals surface area contributed by atoms with Crippen LogP contribution in [0, 0.1) is 0 Å². The third-order valence-electron chi connectivity index (χ3n) is 2.73. The average molecular weight is 331 g/mol. The van der Waals surface area contributed by atoms with Crippen LogP contribution in [0.1, 0.15) is 22.3 Å². The highest BCUT2D eigenvalue weighted by atomic mass is 19.4. The fraction of sp³-hybridized carbons (Fsp3) is 0.214. The first-order chi connectivity index (χ1) is 10.6. The highest BCUT2D eigenvalue weighted by Gasteiger charge is 2.34. The highest BCUT2D eigenvalue weighted by molar-refractivity contribution is 5.96. The Bertz CT molecular complexity index is 652. The van der Waals surface area contributed by atoms with E-state index in [2.05, 4.69) is 5.32 Å². The van der Waals surface area contributed by atoms with Crippen molar-refractivity contribution in [3.05, 3.63) is 47.0 Å². The molecule has 0 radical (unpaired) electrons. The molecule has 0 saturated heterocycles. The SMILES string of the molecule is O=C(O)/C=C(\CCNC(=O)c1ccccc1C(F)(F)F)C(=O)O. The van der Waals surface area contributed by atoms with Crippen molar-refractivity contribution in [2.24, 2.45) is 0 Å². The third kappa shape index (κ3) is 5.46. The first-order valence-corrected chi connectivity index (χ1v) is 6.24. The van der Waals surface area contributed by atoms with Crippen LogP contribution in [0.4, 0.5) is 13.2 Å². The van der Waals surface area contributed by atoms with Crippen LogP contribution in [-0.2, 0) is 15.8 Å². The number of nitrogens with one attached hydrogen (secondary N) is 1. The van der Waals surface area contributed by atoms with Crippen molar-refractivity contribution in [2.75, 3.05) is 6.54 Å². The summed E-state index contributed by atoms with van der Waals surface area (Å²) in [4.78, 5) is 33.0. The molecule has 0 aliphatic rings. The number of hydrogen-bond acceptors (Lipinski definition) is 3. The molecule has 9 heteroatoms. The zero-order valence-electron chi connectivity index (χ0n) is 11.6. The second-order valence-electron chi connectivity index (χ2n) is 4.36. The lowest BCUT2D eigenvalue weighted by Gasteiger charge is -2.12. The number of amides is 1. The molecule has 0 aromatic heterocycles. The van der Waals surface area contributed by atoms with Gasteiger partial charge in [-0.1, -0.05) is 12.1 Å². The van der Waals surface area contributed by atoms with E-state index in [-0.39, 0.29) is 13.0 Å². The quantitative estimate of drug-likeness (QED) is 0.691. The second kappa shape index (κ2) is 7.43. The number of hydrogen-bond donors (Lipinski definition) is 3. The van der Waals surface area contributed by atoms with E-state index in [1.54, 1.807) is 0 Å². The van der Waals surface area contributed by atoms with Gasteiger partial charge in [0.25, 0.3) is 5.91 Å². The molecule has 3 N–H and O–H groups in total. The van der Waals surface area contributed by atoms with Gasteiger partial charge in [-0.05, 0) is 18.6 Å². The van der Waals surface area contributed by atoms with Crippen LogP contribution >= 0.6 is 0 Å². The lowest BCUT2D eigenvalue weighted by Crippen LogP contribution is -2.28. The summed E-state index contributed by atoms with van der Waals surface area (Å²) in [6, 6.07) is 4.14. The zero-order chi connectivity index (χ0) is 17.6. The number of carboxylic acid groups (broad SMARTS) is 2. The average Bonchev–Trinajstić information content (AvgIpc) is 2.44. The Morgan fingerprint density at radius 1 is 1.13 bits per heavy atom. The second-order valence-corrected chi connectivity index (χ2v) is 4.36. The summed E-state index contributed by atoms with van der Waals surface area (Å²) in [5.74, 6) is -3.99. The maximum Gasteiger partial charge on any atom is 0.417 e. The van der Waals surface area contributed by atoms with Gasteiger partial charge < -0.3 is 15.5 Å². The normalized spacial score (nSPS) is 11.9. The molecular formula is C14H12F3NO5. The molecule has 1 aromatic rings. The van der Waals surface area contributed by atoms with Gasteiger partial charge in [-0.2, -0.15) is 13.2 Å². The summed E-state index contributed by atoms with van der Waals surface area (Å²) in [6.45, 7) is -0.323. The van der Waals surface area contributed by atoms with Crippen LogP contribution in [-0.4, -0.2) is 34.6 Å². The topological polar surface area (TPSA) is 104 Å². The molecule has 0 fully saturated rings. The number of carboxylic acids is 2. The number of aliphatic carboxylic acids is 2. The first kappa shape index (κ1) is 18.2. The molecule has 1 rings (SSSR count). The van der Waals surface area contributed by atoms with Crippen molar-refractivity contribution in [1.29, 1.82) is 0 Å². The van der Waals surface area contributed by atoms with Gasteiger partial charge in [-0.25, -0.2) is 9.59 Å². The lowest BCUT2D eigenvalue weighted by molar-refractivity contribution is -0.138. The Labute approximate surface area is 128 Å². The Balaban J connectivity index is 2.79. The van der Waals surface area contributed by atoms with E-state index in [1.165, 1.54) is 6.07 Å². The predicted molar refractivity (Wildman–Crippen MR) is 71.7 cm³/mol. The minimum absolute atomic E-state index is 0.323. The fourth-order valence-electron chi connectivity index (χ4n) is 1.72. The van der Waals surface area contributed by atoms with Crippen LogP contribution in [0.25, 0.3) is 0 Å². The summed E-state index contributed by atoms with van der Waals surface area (Å²) >= 11 is 0. The van der Waals surface area contributed by atoms with Gasteiger partial charge in [-0.15, -0.1) is 0 Å². The lowest BCUT2D eigenvalue weighted by atomic mass is 10.1. The fourth-order valence-corrected chi connectivity index (χ4v) is 1.72. The minimum atomic E-state index is -4.70. The van der Waals surface area contributed by atoms with Gasteiger partial charge >= 0.3 is 18.1 Å². The van der Waals surface area contributed by atoms with Gasteiger partial charge in [0.15, 0.2) is 0 Å². The summed E-state index contributed by atoms with van der Waals surface area (Å²) in [6.07, 6.45) is -4.59. The molecule has 1 aromatic carbocycles. The predicted octanol–water partition coefficient (Wildman–Crippen LogP) is 1.92. The molecule has 6 nitrogen and oxygen atoms in total. The van der Waals surface area contributed by atoms with E-state index in [0.717, 1.165) is 18.2 Å². The Morgan fingerprint density at radius 3 is 2.26 bits per heavy atom. The Kier molecular flexibility index (Phi) is 5.88. The molecule has 124 valence electrons. The molecule has 0 saturated carbocycles. The zero-order valence-corrected chi connectivity index (χ0v) is 11.6. The summed E-state index contributed by atoms with van der Waals surface area (Å²) in [5, 5.41) is 19.4. The summed E-state index contributed by atoms with van der Waals surface area (Å²) < 4.78 is 38.3. The molecular weight excluding hydrogens is 319 g/mol. The molecule has 23 heavy (non-hydrogen) atoms. The van der Waals surface area contributed by atoms with Gasteiger partial charge in [0.2, 0.25) is 0 Å². The molecule has 0 spiro atoms. The number of rotatable bonds is 6. The van der Waals surface area contributed by atoms with Crippen LogP contribution < -0.4 is 5.32 Å². The van der Waals surface area contributed by atoms with Crippen molar-refractivity contribution in [1.82, 2.24) is 5.32 Å². The molecule has 1 amide bonds. The van der Waals surface area contributed by atoms with Crippen LogP contribution in [0.5, 0.6) is 0 Å². The maximum absolute atomic E-state index is 12.8. The van der Waals surface area contributed by atoms with Gasteiger partial charge in [0.1, 0.15) is 0 Å². The first-order valence-electron chi connectivity index (χ1n) is 6.24. The molecule has 0 aliphatic carbocycles. The third-order valence-corrected chi connectivity index (χ3v) is 2.73. The number of halogens is 3. The van der Waals surface area contributed by atoms with Gasteiger partial charge in [-0.3, -0.25) is 4.79 Å². The van der Waals surface area contributed by atoms with Gasteiger partial charge in [0, 0.05) is 18.2 Å². The number of benzene rings is 1. The Hall–Kier alpha value is -2.84. The van der Waals surface area contributed by atoms with Crippen molar-refractivity contribution in [3.63, 3.8) is 0 Å². The van der Waals surface area contributed by atoms with Crippen molar-refractivity contribution < 1.29 is 37.8 Å². The number of alkyl halides is 3. The Morgan fingerprint density at radius 2 is 1.74 bits per heavy atom. The smallest absolute Gasteiger partial charge is 0.417 e. The van der Waals surface area contributed by atoms with E-state index in [4.69, 9.17) is 10.2 Å². The van der Waals surface area contributed by atoms with Crippen molar-refractivity contribution in [2.45, 2.75) is 12.6 Å². The van der Waals surface area contributed by atoms with E-state index in [1.807, 2.05) is 0 Å². The highest BCUT2D eigenvalue weighted by Crippen LogP contribution is 2.31. The molecule has 0 unspecified atom stereocenters. The van der Waals surface area contributed by atoms with E-state index < -0.39 is 40.7 Å². The van der Waals surface area contributed by atoms with E-state index in [9.17, 15) is 27.6 Å². The van der Waals surface area contributed by atoms with Crippen molar-refractivity contribution >= 4 is 17.8 Å². The summed E-state index contributed by atoms with van der Waals surface area (Å²) in [7, 11) is 0. The largest absolute Gasteiger partial charge is 0.478 e. The van der Waals surface area contributed by atoms with E-state index >= 15 is 0 Å². The molecule has 0 heterocycles. The monoisotopic (exact) mass is 331 g/mol. The minimum Gasteiger partial charge on any atom is -0.478 e. The van der Waals surface area contributed by atoms with Crippen molar-refractivity contribution in [3.8, 4) is 0 Å². The summed E-state index contributed by atoms with van der Waals surface area (Å²) in [5.41, 5.74) is -2.20. The standard InChI is InChI=1S/C14H12F3NO5/c15-14(16,17)10-4-2-1-3-9(10)12(21)18-6-5-8(13(22)23)7-11(19)20/h1-4,7H,5-6H2,(H,18,21)(H,19,20)(H,22,23)/b8-7+.